The highest BCUT2D eigenvalue weighted by atomic mass is 19.4. The molecule has 1 N–H and O–H groups in total. The largest absolute Gasteiger partial charge is 0.471 e. The third kappa shape index (κ3) is 2.17. The predicted octanol–water partition coefficient (Wildman–Crippen LogP) is 0.876. The Kier molecular flexibility index (Phi) is 2.61. The Balaban J connectivity index is 1.97. The van der Waals surface area contributed by atoms with E-state index >= 15 is 0 Å². The van der Waals surface area contributed by atoms with E-state index in [1.165, 1.54) is 0 Å². The van der Waals surface area contributed by atoms with Gasteiger partial charge in [0.2, 0.25) is 0 Å². The number of halogens is 3. The predicted molar refractivity (Wildman–Crippen MR) is 48.5 cm³/mol. The maximum absolute atomic E-state index is 12.0. The number of amides is 1. The van der Waals surface area contributed by atoms with E-state index in [0.29, 0.717) is 25.2 Å². The van der Waals surface area contributed by atoms with Gasteiger partial charge in [0.15, 0.2) is 0 Å². The monoisotopic (exact) mass is 233 g/mol. The highest BCUT2D eigenvalue weighted by Crippen LogP contribution is 2.17. The van der Waals surface area contributed by atoms with Gasteiger partial charge in [-0.05, 0) is 6.42 Å². The lowest BCUT2D eigenvalue weighted by Gasteiger charge is -2.24. The van der Waals surface area contributed by atoms with E-state index in [-0.39, 0.29) is 0 Å². The lowest BCUT2D eigenvalue weighted by atomic mass is 10.1. The summed E-state index contributed by atoms with van der Waals surface area (Å²) < 4.78 is 37.9. The van der Waals surface area contributed by atoms with Crippen LogP contribution in [0.2, 0.25) is 0 Å². The van der Waals surface area contributed by atoms with Crippen LogP contribution in [0.15, 0.2) is 12.4 Å². The molecule has 1 aliphatic rings. The Morgan fingerprint density at radius 2 is 2.31 bits per heavy atom. The lowest BCUT2D eigenvalue weighted by molar-refractivity contribution is -0.174. The number of alkyl halides is 3. The first kappa shape index (κ1) is 11.0. The average Bonchev–Trinajstić information content (AvgIpc) is 2.63. The van der Waals surface area contributed by atoms with Crippen LogP contribution in [0.5, 0.6) is 0 Å². The number of nitrogens with zero attached hydrogens (tertiary/aromatic N) is 2. The Hall–Kier alpha value is -1.53. The first-order chi connectivity index (χ1) is 7.47. The van der Waals surface area contributed by atoms with Gasteiger partial charge in [0.1, 0.15) is 5.82 Å². The van der Waals surface area contributed by atoms with Crippen molar-refractivity contribution in [2.75, 3.05) is 0 Å². The summed E-state index contributed by atoms with van der Waals surface area (Å²) in [5, 5.41) is 1.97. The van der Waals surface area contributed by atoms with Crippen molar-refractivity contribution in [3.05, 3.63) is 18.2 Å². The molecule has 2 heterocycles. The highest BCUT2D eigenvalue weighted by Gasteiger charge is 2.40. The third-order valence-corrected chi connectivity index (χ3v) is 2.54. The molecule has 1 aromatic heterocycles. The van der Waals surface area contributed by atoms with Crippen LogP contribution in [0.4, 0.5) is 13.2 Å². The summed E-state index contributed by atoms with van der Waals surface area (Å²) in [5.41, 5.74) is 0. The molecular weight excluding hydrogens is 223 g/mol. The minimum atomic E-state index is -4.81. The Bertz CT molecular complexity index is 399. The summed E-state index contributed by atoms with van der Waals surface area (Å²) in [6, 6.07) is -0.482. The molecule has 0 spiro atoms. The first-order valence-corrected chi connectivity index (χ1v) is 4.84. The van der Waals surface area contributed by atoms with Gasteiger partial charge in [0, 0.05) is 31.4 Å². The molecule has 1 amide bonds. The number of carbonyl (C=O) groups excluding carboxylic acids is 1. The molecule has 0 saturated heterocycles. The minimum absolute atomic E-state index is 0.342. The number of aryl methyl sites for hydroxylation is 1. The van der Waals surface area contributed by atoms with Gasteiger partial charge in [-0.2, -0.15) is 13.2 Å². The van der Waals surface area contributed by atoms with Crippen LogP contribution in [0, 0.1) is 0 Å². The van der Waals surface area contributed by atoms with Crippen molar-refractivity contribution < 1.29 is 18.0 Å². The second-order valence-corrected chi connectivity index (χ2v) is 3.70. The van der Waals surface area contributed by atoms with Crippen LogP contribution < -0.4 is 5.32 Å². The summed E-state index contributed by atoms with van der Waals surface area (Å²) in [6.45, 7) is 0.581. The molecule has 1 aliphatic heterocycles. The van der Waals surface area contributed by atoms with Crippen LogP contribution >= 0.6 is 0 Å². The molecule has 0 bridgehead atoms. The van der Waals surface area contributed by atoms with Gasteiger partial charge in [0.05, 0.1) is 0 Å². The van der Waals surface area contributed by atoms with Gasteiger partial charge in [-0.15, -0.1) is 0 Å². The van der Waals surface area contributed by atoms with Crippen LogP contribution in [-0.4, -0.2) is 27.7 Å². The number of fused-ring (bicyclic) bond motifs is 1. The molecule has 7 heteroatoms. The van der Waals surface area contributed by atoms with E-state index in [0.717, 1.165) is 0 Å². The number of nitrogens with one attached hydrogen (secondary N) is 1. The molecule has 0 radical (unpaired) electrons. The molecule has 16 heavy (non-hydrogen) atoms. The van der Waals surface area contributed by atoms with Gasteiger partial charge in [-0.1, -0.05) is 0 Å². The number of aromatic nitrogens is 2. The van der Waals surface area contributed by atoms with E-state index in [9.17, 15) is 18.0 Å². The quantitative estimate of drug-likeness (QED) is 0.782. The number of carbonyl (C=O) groups is 1. The van der Waals surface area contributed by atoms with Crippen LogP contribution in [0.1, 0.15) is 12.2 Å². The smallest absolute Gasteiger partial charge is 0.345 e. The molecular formula is C9H10F3N3O. The first-order valence-electron chi connectivity index (χ1n) is 4.84. The number of imidazole rings is 1. The summed E-state index contributed by atoms with van der Waals surface area (Å²) >= 11 is 0. The number of hydrogen-bond acceptors (Lipinski definition) is 2. The molecule has 0 fully saturated rings. The van der Waals surface area contributed by atoms with Crippen molar-refractivity contribution in [2.24, 2.45) is 0 Å². The molecule has 1 atom stereocenters. The molecule has 0 saturated carbocycles. The van der Waals surface area contributed by atoms with Gasteiger partial charge in [0.25, 0.3) is 0 Å². The fraction of sp³-hybridized carbons (Fsp3) is 0.556. The molecule has 2 rings (SSSR count). The zero-order valence-corrected chi connectivity index (χ0v) is 8.29. The third-order valence-electron chi connectivity index (χ3n) is 2.54. The average molecular weight is 233 g/mol. The standard InChI is InChI=1S/C9H10F3N3O/c10-9(11,12)8(16)14-6-1-3-15-4-2-13-7(15)5-6/h2,4,6H,1,3,5H2,(H,14,16). The molecule has 4 nitrogen and oxygen atoms in total. The zero-order chi connectivity index (χ0) is 11.8. The molecule has 1 aromatic rings. The highest BCUT2D eigenvalue weighted by molar-refractivity contribution is 5.81. The Morgan fingerprint density at radius 1 is 1.56 bits per heavy atom. The Morgan fingerprint density at radius 3 is 3.00 bits per heavy atom. The Labute approximate surface area is 89.5 Å². The minimum Gasteiger partial charge on any atom is -0.345 e. The van der Waals surface area contributed by atoms with Crippen molar-refractivity contribution in [2.45, 2.75) is 31.6 Å². The van der Waals surface area contributed by atoms with Crippen molar-refractivity contribution >= 4 is 5.91 Å². The van der Waals surface area contributed by atoms with Gasteiger partial charge < -0.3 is 9.88 Å². The topological polar surface area (TPSA) is 46.9 Å². The zero-order valence-electron chi connectivity index (χ0n) is 8.29. The van der Waals surface area contributed by atoms with E-state index in [4.69, 9.17) is 0 Å². The normalized spacial score (nSPS) is 20.3. The molecule has 88 valence electrons. The summed E-state index contributed by atoms with van der Waals surface area (Å²) in [6.07, 6.45) is -0.604. The van der Waals surface area contributed by atoms with Gasteiger partial charge in [-0.25, -0.2) is 4.98 Å². The van der Waals surface area contributed by atoms with Crippen molar-refractivity contribution in [1.29, 1.82) is 0 Å². The SMILES string of the molecule is O=C(NC1CCn2ccnc2C1)C(F)(F)F. The fourth-order valence-corrected chi connectivity index (χ4v) is 1.74. The number of rotatable bonds is 1. The van der Waals surface area contributed by atoms with Gasteiger partial charge in [-0.3, -0.25) is 4.79 Å². The van der Waals surface area contributed by atoms with Crippen LogP contribution in [0.3, 0.4) is 0 Å². The maximum Gasteiger partial charge on any atom is 0.471 e. The maximum atomic E-state index is 12.0. The molecule has 0 aromatic carbocycles. The van der Waals surface area contributed by atoms with Gasteiger partial charge >= 0.3 is 12.1 Å². The number of hydrogen-bond donors (Lipinski definition) is 1. The fourth-order valence-electron chi connectivity index (χ4n) is 1.74. The van der Waals surface area contributed by atoms with Crippen LogP contribution in [-0.2, 0) is 17.8 Å². The van der Waals surface area contributed by atoms with E-state index in [2.05, 4.69) is 4.98 Å². The summed E-state index contributed by atoms with van der Waals surface area (Å²) in [7, 11) is 0. The van der Waals surface area contributed by atoms with E-state index in [1.54, 1.807) is 12.4 Å². The van der Waals surface area contributed by atoms with E-state index < -0.39 is 18.1 Å². The van der Waals surface area contributed by atoms with Crippen LogP contribution in [0.25, 0.3) is 0 Å². The molecule has 0 aliphatic carbocycles. The molecule has 1 unspecified atom stereocenters. The van der Waals surface area contributed by atoms with Crippen molar-refractivity contribution in [3.63, 3.8) is 0 Å². The lowest BCUT2D eigenvalue weighted by Crippen LogP contribution is -2.46. The second-order valence-electron chi connectivity index (χ2n) is 3.70. The van der Waals surface area contributed by atoms with Crippen molar-refractivity contribution in [3.8, 4) is 0 Å². The van der Waals surface area contributed by atoms with Crippen molar-refractivity contribution in [1.82, 2.24) is 14.9 Å². The second kappa shape index (κ2) is 3.80. The summed E-state index contributed by atoms with van der Waals surface area (Å²) in [5.74, 6) is -1.17. The summed E-state index contributed by atoms with van der Waals surface area (Å²) in [4.78, 5) is 14.7. The van der Waals surface area contributed by atoms with E-state index in [1.807, 2.05) is 9.88 Å².